The van der Waals surface area contributed by atoms with Crippen molar-refractivity contribution in [1.82, 2.24) is 5.32 Å². The fourth-order valence-electron chi connectivity index (χ4n) is 4.66. The SMILES string of the molecule is COc1cc2occ(-c3ccc(C)cc3C)c2cc1/C(C)=C/C(=O)NCCC1=CCCCC1. The maximum absolute atomic E-state index is 12.6. The second-order valence-corrected chi connectivity index (χ2v) is 8.99. The Kier molecular flexibility index (Phi) is 7.02. The number of fused-ring (bicyclic) bond motifs is 1. The summed E-state index contributed by atoms with van der Waals surface area (Å²) in [6.45, 7) is 6.83. The number of hydrogen-bond acceptors (Lipinski definition) is 3. The van der Waals surface area contributed by atoms with Crippen LogP contribution in [0.5, 0.6) is 5.75 Å². The van der Waals surface area contributed by atoms with Crippen molar-refractivity contribution in [2.45, 2.75) is 52.9 Å². The van der Waals surface area contributed by atoms with Crippen LogP contribution in [0.4, 0.5) is 0 Å². The van der Waals surface area contributed by atoms with Gasteiger partial charge in [-0.15, -0.1) is 0 Å². The fourth-order valence-corrected chi connectivity index (χ4v) is 4.66. The third kappa shape index (κ3) is 5.22. The van der Waals surface area contributed by atoms with Crippen LogP contribution in [0.25, 0.3) is 27.7 Å². The van der Waals surface area contributed by atoms with E-state index in [0.29, 0.717) is 12.3 Å². The van der Waals surface area contributed by atoms with Crippen molar-refractivity contribution in [2.75, 3.05) is 13.7 Å². The van der Waals surface area contributed by atoms with E-state index in [2.05, 4.69) is 49.5 Å². The van der Waals surface area contributed by atoms with Crippen molar-refractivity contribution in [3.63, 3.8) is 0 Å². The van der Waals surface area contributed by atoms with Crippen LogP contribution in [0.15, 0.2) is 58.7 Å². The third-order valence-corrected chi connectivity index (χ3v) is 6.47. The second kappa shape index (κ2) is 10.1. The summed E-state index contributed by atoms with van der Waals surface area (Å²) >= 11 is 0. The smallest absolute Gasteiger partial charge is 0.244 e. The van der Waals surface area contributed by atoms with Gasteiger partial charge in [0, 0.05) is 35.2 Å². The summed E-state index contributed by atoms with van der Waals surface area (Å²) < 4.78 is 11.5. The van der Waals surface area contributed by atoms with Gasteiger partial charge >= 0.3 is 0 Å². The zero-order chi connectivity index (χ0) is 23.4. The van der Waals surface area contributed by atoms with Gasteiger partial charge in [-0.05, 0) is 75.6 Å². The average molecular weight is 444 g/mol. The van der Waals surface area contributed by atoms with Gasteiger partial charge in [-0.25, -0.2) is 0 Å². The number of ether oxygens (including phenoxy) is 1. The van der Waals surface area contributed by atoms with E-state index in [4.69, 9.17) is 9.15 Å². The Bertz CT molecular complexity index is 1230. The molecule has 1 aromatic heterocycles. The molecule has 0 unspecified atom stereocenters. The average Bonchev–Trinajstić information content (AvgIpc) is 3.21. The number of furan rings is 1. The van der Waals surface area contributed by atoms with E-state index in [0.717, 1.165) is 46.1 Å². The Morgan fingerprint density at radius 2 is 2.00 bits per heavy atom. The van der Waals surface area contributed by atoms with Crippen molar-refractivity contribution >= 4 is 22.4 Å². The molecule has 0 radical (unpaired) electrons. The van der Waals surface area contributed by atoms with Crippen LogP contribution in [0, 0.1) is 13.8 Å². The van der Waals surface area contributed by atoms with Crippen LogP contribution in [-0.2, 0) is 4.79 Å². The predicted molar refractivity (Wildman–Crippen MR) is 136 cm³/mol. The molecule has 33 heavy (non-hydrogen) atoms. The first-order chi connectivity index (χ1) is 16.0. The van der Waals surface area contributed by atoms with Crippen LogP contribution >= 0.6 is 0 Å². The third-order valence-electron chi connectivity index (χ3n) is 6.47. The lowest BCUT2D eigenvalue weighted by Gasteiger charge is -2.13. The first kappa shape index (κ1) is 22.9. The number of rotatable bonds is 7. The Hall–Kier alpha value is -3.27. The highest BCUT2D eigenvalue weighted by atomic mass is 16.5. The summed E-state index contributed by atoms with van der Waals surface area (Å²) in [6, 6.07) is 10.4. The lowest BCUT2D eigenvalue weighted by atomic mass is 9.96. The van der Waals surface area contributed by atoms with Gasteiger partial charge in [0.1, 0.15) is 11.3 Å². The molecule has 4 rings (SSSR count). The molecule has 1 amide bonds. The number of benzene rings is 2. The number of methoxy groups -OCH3 is 1. The van der Waals surface area contributed by atoms with E-state index >= 15 is 0 Å². The van der Waals surface area contributed by atoms with Gasteiger partial charge in [-0.3, -0.25) is 4.79 Å². The molecule has 4 heteroatoms. The minimum absolute atomic E-state index is 0.0761. The molecule has 4 nitrogen and oxygen atoms in total. The van der Waals surface area contributed by atoms with E-state index in [1.54, 1.807) is 19.4 Å². The number of carbonyl (C=O) groups is 1. The van der Waals surface area contributed by atoms with Gasteiger partial charge in [0.15, 0.2) is 0 Å². The zero-order valence-corrected chi connectivity index (χ0v) is 20.1. The molecule has 1 N–H and O–H groups in total. The van der Waals surface area contributed by atoms with E-state index in [1.165, 1.54) is 36.0 Å². The minimum Gasteiger partial charge on any atom is -0.496 e. The molecule has 172 valence electrons. The van der Waals surface area contributed by atoms with Gasteiger partial charge in [0.05, 0.1) is 13.4 Å². The van der Waals surface area contributed by atoms with Crippen LogP contribution in [-0.4, -0.2) is 19.6 Å². The zero-order valence-electron chi connectivity index (χ0n) is 20.1. The molecule has 0 fully saturated rings. The largest absolute Gasteiger partial charge is 0.496 e. The van der Waals surface area contributed by atoms with Crippen molar-refractivity contribution in [3.8, 4) is 16.9 Å². The molecular weight excluding hydrogens is 410 g/mol. The van der Waals surface area contributed by atoms with Crippen LogP contribution < -0.4 is 10.1 Å². The number of allylic oxidation sites excluding steroid dienone is 2. The van der Waals surface area contributed by atoms with Gasteiger partial charge < -0.3 is 14.5 Å². The van der Waals surface area contributed by atoms with E-state index in [-0.39, 0.29) is 5.91 Å². The van der Waals surface area contributed by atoms with E-state index in [1.807, 2.05) is 13.0 Å². The van der Waals surface area contributed by atoms with Crippen molar-refractivity contribution in [2.24, 2.45) is 0 Å². The number of hydrogen-bond donors (Lipinski definition) is 1. The molecule has 0 spiro atoms. The van der Waals surface area contributed by atoms with E-state index < -0.39 is 0 Å². The van der Waals surface area contributed by atoms with Crippen molar-refractivity contribution in [3.05, 3.63) is 71.0 Å². The monoisotopic (exact) mass is 443 g/mol. The van der Waals surface area contributed by atoms with Crippen LogP contribution in [0.2, 0.25) is 0 Å². The second-order valence-electron chi connectivity index (χ2n) is 8.99. The molecule has 0 atom stereocenters. The summed E-state index contributed by atoms with van der Waals surface area (Å²) in [5.74, 6) is 0.616. The Labute approximate surface area is 196 Å². The van der Waals surface area contributed by atoms with Gasteiger partial charge in [-0.1, -0.05) is 35.4 Å². The summed E-state index contributed by atoms with van der Waals surface area (Å²) in [4.78, 5) is 12.6. The number of aryl methyl sites for hydroxylation is 2. The van der Waals surface area contributed by atoms with Gasteiger partial charge in [0.25, 0.3) is 0 Å². The highest BCUT2D eigenvalue weighted by Gasteiger charge is 2.16. The summed E-state index contributed by atoms with van der Waals surface area (Å²) in [7, 11) is 1.64. The van der Waals surface area contributed by atoms with Crippen LogP contribution in [0.1, 0.15) is 55.7 Å². The quantitative estimate of drug-likeness (QED) is 0.312. The number of carbonyl (C=O) groups excluding carboxylic acids is 1. The number of amides is 1. The molecule has 1 aliphatic rings. The summed E-state index contributed by atoms with van der Waals surface area (Å²) in [5.41, 5.74) is 8.61. The Morgan fingerprint density at radius 1 is 1.15 bits per heavy atom. The van der Waals surface area contributed by atoms with Crippen LogP contribution in [0.3, 0.4) is 0 Å². The molecule has 1 heterocycles. The summed E-state index contributed by atoms with van der Waals surface area (Å²) in [6.07, 6.45) is 11.6. The lowest BCUT2D eigenvalue weighted by Crippen LogP contribution is -2.23. The molecule has 0 bridgehead atoms. The topological polar surface area (TPSA) is 51.5 Å². The Morgan fingerprint density at radius 3 is 2.73 bits per heavy atom. The first-order valence-electron chi connectivity index (χ1n) is 11.8. The molecular formula is C29H33NO3. The molecule has 3 aromatic rings. The lowest BCUT2D eigenvalue weighted by molar-refractivity contribution is -0.116. The predicted octanol–water partition coefficient (Wildman–Crippen LogP) is 7.14. The molecule has 2 aromatic carbocycles. The minimum atomic E-state index is -0.0761. The molecule has 0 saturated carbocycles. The Balaban J connectivity index is 1.58. The van der Waals surface area contributed by atoms with Gasteiger partial charge in [-0.2, -0.15) is 0 Å². The molecule has 0 saturated heterocycles. The highest BCUT2D eigenvalue weighted by molar-refractivity contribution is 6.00. The van der Waals surface area contributed by atoms with Crippen molar-refractivity contribution in [1.29, 1.82) is 0 Å². The molecule has 0 aliphatic heterocycles. The standard InChI is InChI=1S/C29H33NO3/c1-19-10-11-23(20(2)14-19)26-18-33-28-17-27(32-4)24(16-25(26)28)21(3)15-29(31)30-13-12-22-8-6-5-7-9-22/h8,10-11,14-18H,5-7,9,12-13H2,1-4H3,(H,30,31)/b21-15+. The first-order valence-corrected chi connectivity index (χ1v) is 11.8. The number of nitrogens with one attached hydrogen (secondary N) is 1. The highest BCUT2D eigenvalue weighted by Crippen LogP contribution is 2.38. The van der Waals surface area contributed by atoms with E-state index in [9.17, 15) is 4.79 Å². The normalized spacial score (nSPS) is 14.3. The van der Waals surface area contributed by atoms with Gasteiger partial charge in [0.2, 0.25) is 5.91 Å². The maximum atomic E-state index is 12.6. The maximum Gasteiger partial charge on any atom is 0.244 e. The van der Waals surface area contributed by atoms with Crippen molar-refractivity contribution < 1.29 is 13.9 Å². The summed E-state index contributed by atoms with van der Waals surface area (Å²) in [5, 5.41) is 4.04. The fraction of sp³-hybridized carbons (Fsp3) is 0.345. The molecule has 1 aliphatic carbocycles.